The van der Waals surface area contributed by atoms with Crippen molar-refractivity contribution in [1.29, 1.82) is 0 Å². The molecule has 4 aromatic heterocycles. The number of likely N-dealkylation sites (tertiary alicyclic amines) is 1. The summed E-state index contributed by atoms with van der Waals surface area (Å²) in [7, 11) is 3.62. The third-order valence-electron chi connectivity index (χ3n) is 10.2. The van der Waals surface area contributed by atoms with Crippen LogP contribution in [0.4, 0.5) is 5.82 Å². The van der Waals surface area contributed by atoms with Crippen molar-refractivity contribution >= 4 is 39.7 Å². The molecule has 0 radical (unpaired) electrons. The lowest BCUT2D eigenvalue weighted by Gasteiger charge is -2.27. The van der Waals surface area contributed by atoms with E-state index in [0.29, 0.717) is 46.8 Å². The molecular weight excluding hydrogens is 584 g/mol. The molecule has 46 heavy (non-hydrogen) atoms. The summed E-state index contributed by atoms with van der Waals surface area (Å²) in [6.07, 6.45) is 6.11. The van der Waals surface area contributed by atoms with E-state index in [9.17, 15) is 9.59 Å². The zero-order valence-corrected chi connectivity index (χ0v) is 25.7. The van der Waals surface area contributed by atoms with E-state index >= 15 is 0 Å². The van der Waals surface area contributed by atoms with Gasteiger partial charge in [0.05, 0.1) is 24.0 Å². The molecule has 3 N–H and O–H groups in total. The summed E-state index contributed by atoms with van der Waals surface area (Å²) in [5.41, 5.74) is 11.9. The molecule has 234 valence electrons. The van der Waals surface area contributed by atoms with Crippen LogP contribution in [-0.4, -0.2) is 73.1 Å². The second-order valence-electron chi connectivity index (χ2n) is 13.1. The molecule has 2 aliphatic heterocycles. The maximum atomic E-state index is 13.7. The monoisotopic (exact) mass is 618 g/mol. The SMILES string of the molecule is COc1cc(C(=O)N2CC3CCC2C3N)cc2nc(-c3cc4ccc(-c5cnc6c(c5)OCC(=O)N6)nc4n3CC3CC3)n(C)c12. The number of carbonyl (C=O) groups is 2. The van der Waals surface area contributed by atoms with Crippen LogP contribution < -0.4 is 20.5 Å². The number of methoxy groups -OCH3 is 1. The number of aromatic nitrogens is 5. The normalized spacial score (nSPS) is 21.9. The predicted molar refractivity (Wildman–Crippen MR) is 172 cm³/mol. The third-order valence-corrected chi connectivity index (χ3v) is 10.2. The number of ether oxygens (including phenoxy) is 2. The Balaban J connectivity index is 1.13. The molecule has 4 aliphatic rings. The zero-order valence-electron chi connectivity index (χ0n) is 25.7. The predicted octanol–water partition coefficient (Wildman–Crippen LogP) is 3.96. The van der Waals surface area contributed by atoms with Gasteiger partial charge in [-0.25, -0.2) is 15.0 Å². The fraction of sp³-hybridized carbons (Fsp3) is 0.382. The maximum absolute atomic E-state index is 13.7. The Kier molecular flexibility index (Phi) is 5.95. The Bertz CT molecular complexity index is 2100. The number of imidazole rings is 1. The number of anilines is 1. The van der Waals surface area contributed by atoms with Crippen molar-refractivity contribution in [3.05, 3.63) is 48.2 Å². The van der Waals surface area contributed by atoms with Crippen LogP contribution in [0, 0.1) is 11.8 Å². The van der Waals surface area contributed by atoms with E-state index in [-0.39, 0.29) is 30.5 Å². The highest BCUT2D eigenvalue weighted by Gasteiger charge is 2.47. The Morgan fingerprint density at radius 1 is 1.13 bits per heavy atom. The molecule has 9 rings (SSSR count). The third kappa shape index (κ3) is 4.19. The summed E-state index contributed by atoms with van der Waals surface area (Å²) in [6.45, 7) is 1.50. The quantitative estimate of drug-likeness (QED) is 0.291. The highest BCUT2D eigenvalue weighted by Crippen LogP contribution is 2.40. The van der Waals surface area contributed by atoms with Crippen LogP contribution in [0.3, 0.4) is 0 Å². The number of piperidine rings is 1. The number of nitrogens with two attached hydrogens (primary N) is 1. The first-order chi connectivity index (χ1) is 22.4. The van der Waals surface area contributed by atoms with Gasteiger partial charge in [-0.15, -0.1) is 0 Å². The van der Waals surface area contributed by atoms with Crippen LogP contribution in [0.15, 0.2) is 42.6 Å². The van der Waals surface area contributed by atoms with Crippen molar-refractivity contribution in [2.75, 3.05) is 25.6 Å². The molecule has 2 aliphatic carbocycles. The number of aryl methyl sites for hydroxylation is 1. The average molecular weight is 619 g/mol. The second-order valence-corrected chi connectivity index (χ2v) is 13.1. The number of nitrogens with one attached hydrogen (secondary N) is 1. The van der Waals surface area contributed by atoms with Crippen LogP contribution in [0.5, 0.6) is 11.5 Å². The maximum Gasteiger partial charge on any atom is 0.263 e. The first-order valence-electron chi connectivity index (χ1n) is 15.9. The topological polar surface area (TPSA) is 142 Å². The number of amides is 2. The van der Waals surface area contributed by atoms with Crippen LogP contribution >= 0.6 is 0 Å². The molecule has 0 spiro atoms. The van der Waals surface area contributed by atoms with Crippen molar-refractivity contribution < 1.29 is 19.1 Å². The van der Waals surface area contributed by atoms with Crippen LogP contribution in [-0.2, 0) is 18.4 Å². The van der Waals surface area contributed by atoms with Gasteiger partial charge in [-0.2, -0.15) is 0 Å². The number of hydrogen-bond donors (Lipinski definition) is 2. The number of benzene rings is 1. The van der Waals surface area contributed by atoms with Gasteiger partial charge in [0, 0.05) is 54.9 Å². The summed E-state index contributed by atoms with van der Waals surface area (Å²) in [5.74, 6) is 3.06. The lowest BCUT2D eigenvalue weighted by Crippen LogP contribution is -2.41. The van der Waals surface area contributed by atoms with Gasteiger partial charge in [0.2, 0.25) is 0 Å². The van der Waals surface area contributed by atoms with E-state index in [0.717, 1.165) is 58.7 Å². The molecule has 12 nitrogen and oxygen atoms in total. The van der Waals surface area contributed by atoms with E-state index in [1.54, 1.807) is 13.3 Å². The summed E-state index contributed by atoms with van der Waals surface area (Å²) in [5, 5.41) is 3.74. The van der Waals surface area contributed by atoms with Gasteiger partial charge in [-0.05, 0) is 73.9 Å². The highest BCUT2D eigenvalue weighted by atomic mass is 16.5. The minimum absolute atomic E-state index is 0.0147. The highest BCUT2D eigenvalue weighted by molar-refractivity contribution is 6.00. The number of carbonyl (C=O) groups excluding carboxylic acids is 2. The van der Waals surface area contributed by atoms with Gasteiger partial charge in [0.1, 0.15) is 16.9 Å². The molecule has 1 aromatic carbocycles. The fourth-order valence-electron chi connectivity index (χ4n) is 7.58. The molecule has 2 amide bonds. The number of rotatable bonds is 6. The van der Waals surface area contributed by atoms with E-state index in [2.05, 4.69) is 27.0 Å². The Morgan fingerprint density at radius 3 is 2.76 bits per heavy atom. The Hall–Kier alpha value is -4.97. The smallest absolute Gasteiger partial charge is 0.263 e. The van der Waals surface area contributed by atoms with Crippen LogP contribution in [0.25, 0.3) is 44.8 Å². The number of hydrogen-bond acceptors (Lipinski definition) is 8. The molecule has 2 bridgehead atoms. The van der Waals surface area contributed by atoms with Crippen molar-refractivity contribution in [1.82, 2.24) is 29.0 Å². The van der Waals surface area contributed by atoms with E-state index in [1.165, 1.54) is 12.8 Å². The summed E-state index contributed by atoms with van der Waals surface area (Å²) in [4.78, 5) is 42.0. The van der Waals surface area contributed by atoms with Gasteiger partial charge < -0.3 is 34.6 Å². The van der Waals surface area contributed by atoms with Crippen molar-refractivity contribution in [2.45, 2.75) is 44.3 Å². The molecule has 3 fully saturated rings. The average Bonchev–Trinajstić information content (AvgIpc) is 3.47. The molecule has 5 aromatic rings. The molecule has 3 atom stereocenters. The van der Waals surface area contributed by atoms with Crippen LogP contribution in [0.2, 0.25) is 0 Å². The summed E-state index contributed by atoms with van der Waals surface area (Å²) >= 11 is 0. The summed E-state index contributed by atoms with van der Waals surface area (Å²) in [6, 6.07) is 11.9. The Labute approximate surface area is 264 Å². The minimum Gasteiger partial charge on any atom is -0.494 e. The minimum atomic E-state index is -0.219. The van der Waals surface area contributed by atoms with Crippen molar-refractivity contribution in [3.8, 4) is 34.3 Å². The molecular formula is C34H34N8O4. The number of pyridine rings is 2. The lowest BCUT2D eigenvalue weighted by molar-refractivity contribution is -0.118. The van der Waals surface area contributed by atoms with Crippen LogP contribution in [0.1, 0.15) is 36.0 Å². The first-order valence-corrected chi connectivity index (χ1v) is 15.9. The van der Waals surface area contributed by atoms with Gasteiger partial charge in [-0.3, -0.25) is 9.59 Å². The summed E-state index contributed by atoms with van der Waals surface area (Å²) < 4.78 is 15.8. The molecule has 6 heterocycles. The molecule has 3 unspecified atom stereocenters. The van der Waals surface area contributed by atoms with Gasteiger partial charge in [0.25, 0.3) is 11.8 Å². The second kappa shape index (κ2) is 10.0. The number of nitrogens with zero attached hydrogens (tertiary/aromatic N) is 6. The standard InChI is InChI=1S/C34H34N8O4/c1-40-30-23(9-20(11-26(30)45-2)34(44)42-15-19-6-8-24(42)29(19)35)38-33(40)25-10-18-5-7-22(37-32(18)41(25)14-17-3-4-17)21-12-27-31(36-13-21)39-28(43)16-46-27/h5,7,9-13,17,19,24,29H,3-4,6,8,14-16,35H2,1-2H3,(H,36,39,43). The zero-order chi connectivity index (χ0) is 31.3. The van der Waals surface area contributed by atoms with Gasteiger partial charge in [-0.1, -0.05) is 0 Å². The van der Waals surface area contributed by atoms with E-state index < -0.39 is 0 Å². The lowest BCUT2D eigenvalue weighted by atomic mass is 10.1. The fourth-order valence-corrected chi connectivity index (χ4v) is 7.58. The van der Waals surface area contributed by atoms with Gasteiger partial charge >= 0.3 is 0 Å². The Morgan fingerprint density at radius 2 is 2.00 bits per heavy atom. The van der Waals surface area contributed by atoms with Gasteiger partial charge in [0.15, 0.2) is 24.0 Å². The van der Waals surface area contributed by atoms with Crippen molar-refractivity contribution in [3.63, 3.8) is 0 Å². The van der Waals surface area contributed by atoms with E-state index in [1.807, 2.05) is 40.8 Å². The molecule has 12 heteroatoms. The van der Waals surface area contributed by atoms with Crippen molar-refractivity contribution in [2.24, 2.45) is 24.6 Å². The molecule has 2 saturated carbocycles. The number of fused-ring (bicyclic) bond motifs is 5. The first kappa shape index (κ1) is 27.3. The van der Waals surface area contributed by atoms with E-state index in [4.69, 9.17) is 25.2 Å². The molecule has 1 saturated heterocycles. The largest absolute Gasteiger partial charge is 0.494 e.